The van der Waals surface area contributed by atoms with Crippen LogP contribution in [0.2, 0.25) is 0 Å². The number of nitrogen functional groups attached to an aromatic ring is 1. The molecule has 1 amide bonds. The molecular formula is C32H31N5O3S2. The molecule has 2 aromatic heterocycles. The van der Waals surface area contributed by atoms with Crippen molar-refractivity contribution in [1.29, 1.82) is 0 Å². The number of ether oxygens (including phenoxy) is 1. The second-order valence-electron chi connectivity index (χ2n) is 9.62. The second-order valence-corrected chi connectivity index (χ2v) is 11.7. The van der Waals surface area contributed by atoms with Crippen LogP contribution in [0.5, 0.6) is 0 Å². The Morgan fingerprint density at radius 3 is 2.21 bits per heavy atom. The molecule has 3 aromatic carbocycles. The predicted molar refractivity (Wildman–Crippen MR) is 168 cm³/mol. The largest absolute Gasteiger partial charge is 0.462 e. The van der Waals surface area contributed by atoms with E-state index in [4.69, 9.17) is 10.6 Å². The Morgan fingerprint density at radius 1 is 0.952 bits per heavy atom. The van der Waals surface area contributed by atoms with Crippen molar-refractivity contribution in [3.8, 4) is 10.4 Å². The van der Waals surface area contributed by atoms with E-state index in [1.807, 2.05) is 78.9 Å². The highest BCUT2D eigenvalue weighted by Crippen LogP contribution is 2.39. The zero-order valence-corrected chi connectivity index (χ0v) is 24.9. The van der Waals surface area contributed by atoms with Crippen molar-refractivity contribution in [3.05, 3.63) is 120 Å². The number of anilines is 1. The van der Waals surface area contributed by atoms with Gasteiger partial charge in [-0.25, -0.2) is 9.47 Å². The van der Waals surface area contributed by atoms with E-state index in [2.05, 4.69) is 34.6 Å². The summed E-state index contributed by atoms with van der Waals surface area (Å²) >= 11 is 2.53. The third kappa shape index (κ3) is 6.72. The smallest absolute Gasteiger partial charge is 0.341 e. The molecule has 10 heteroatoms. The molecule has 0 aliphatic rings. The SMILES string of the molecule is CCOC(=O)c1cc(-c2ccccc2)sc1NC(=O)[C@H](Sc1nnc(C[C@H](C)c2ccccc2)n1N)c1ccccc1. The first-order valence-electron chi connectivity index (χ1n) is 13.6. The normalized spacial score (nSPS) is 12.4. The minimum absolute atomic E-state index is 0.183. The van der Waals surface area contributed by atoms with Gasteiger partial charge in [-0.2, -0.15) is 0 Å². The zero-order chi connectivity index (χ0) is 29.5. The van der Waals surface area contributed by atoms with Crippen LogP contribution in [-0.4, -0.2) is 33.4 Å². The van der Waals surface area contributed by atoms with Crippen LogP contribution in [0.3, 0.4) is 0 Å². The highest BCUT2D eigenvalue weighted by molar-refractivity contribution is 8.00. The summed E-state index contributed by atoms with van der Waals surface area (Å²) in [5.74, 6) is 6.45. The Morgan fingerprint density at radius 2 is 1.57 bits per heavy atom. The van der Waals surface area contributed by atoms with E-state index in [9.17, 15) is 9.59 Å². The number of nitrogens with two attached hydrogens (primary N) is 1. The van der Waals surface area contributed by atoms with Crippen LogP contribution in [0.15, 0.2) is 102 Å². The van der Waals surface area contributed by atoms with E-state index >= 15 is 0 Å². The maximum atomic E-state index is 13.9. The Hall–Kier alpha value is -4.41. The fourth-order valence-corrected chi connectivity index (χ4v) is 6.50. The number of thiophene rings is 1. The summed E-state index contributed by atoms with van der Waals surface area (Å²) in [6.07, 6.45) is 0.594. The Balaban J connectivity index is 1.42. The zero-order valence-electron chi connectivity index (χ0n) is 23.3. The number of benzene rings is 3. The predicted octanol–water partition coefficient (Wildman–Crippen LogP) is 6.72. The van der Waals surface area contributed by atoms with Gasteiger partial charge in [0.2, 0.25) is 11.1 Å². The lowest BCUT2D eigenvalue weighted by atomic mass is 9.98. The van der Waals surface area contributed by atoms with Gasteiger partial charge >= 0.3 is 5.97 Å². The van der Waals surface area contributed by atoms with Crippen LogP contribution in [0.25, 0.3) is 10.4 Å². The van der Waals surface area contributed by atoms with Gasteiger partial charge in [0.1, 0.15) is 10.3 Å². The van der Waals surface area contributed by atoms with Crippen LogP contribution in [0.4, 0.5) is 5.00 Å². The van der Waals surface area contributed by atoms with Gasteiger partial charge in [0, 0.05) is 11.3 Å². The lowest BCUT2D eigenvalue weighted by Gasteiger charge is -2.17. The fraction of sp³-hybridized carbons (Fsp3) is 0.188. The Bertz CT molecular complexity index is 1640. The van der Waals surface area contributed by atoms with Gasteiger partial charge in [-0.1, -0.05) is 110 Å². The van der Waals surface area contributed by atoms with E-state index in [-0.39, 0.29) is 18.4 Å². The van der Waals surface area contributed by atoms with Crippen molar-refractivity contribution in [2.24, 2.45) is 0 Å². The molecule has 2 heterocycles. The number of aromatic nitrogens is 3. The molecule has 0 aliphatic carbocycles. The first-order chi connectivity index (χ1) is 20.4. The standard InChI is InChI=1S/C32H31N5O3S2/c1-3-40-31(39)25-20-26(23-15-9-5-10-16-23)41-30(25)34-29(38)28(24-17-11-6-12-18-24)42-32-36-35-27(37(32)33)19-21(2)22-13-7-4-8-14-22/h4-18,20-21,28H,3,19,33H2,1-2H3,(H,34,38)/t21-,28+/m0/s1. The van der Waals surface area contributed by atoms with E-state index in [1.54, 1.807) is 13.0 Å². The van der Waals surface area contributed by atoms with Crippen LogP contribution in [-0.2, 0) is 16.0 Å². The van der Waals surface area contributed by atoms with Crippen molar-refractivity contribution in [2.75, 3.05) is 17.8 Å². The monoisotopic (exact) mass is 597 g/mol. The Labute approximate surface area is 252 Å². The number of thioether (sulfide) groups is 1. The van der Waals surface area contributed by atoms with Gasteiger partial charge in [0.05, 0.1) is 12.2 Å². The third-order valence-corrected chi connectivity index (χ3v) is 8.99. The molecule has 3 N–H and O–H groups in total. The minimum Gasteiger partial charge on any atom is -0.462 e. The average molecular weight is 598 g/mol. The van der Waals surface area contributed by atoms with Crippen molar-refractivity contribution >= 4 is 40.0 Å². The third-order valence-electron chi connectivity index (χ3n) is 6.68. The summed E-state index contributed by atoms with van der Waals surface area (Å²) in [6.45, 7) is 4.09. The number of nitrogens with one attached hydrogen (secondary N) is 1. The lowest BCUT2D eigenvalue weighted by molar-refractivity contribution is -0.115. The number of esters is 1. The summed E-state index contributed by atoms with van der Waals surface area (Å²) in [5.41, 5.74) is 3.19. The molecule has 0 saturated carbocycles. The maximum Gasteiger partial charge on any atom is 0.341 e. The molecule has 0 radical (unpaired) electrons. The van der Waals surface area contributed by atoms with E-state index in [0.29, 0.717) is 28.0 Å². The first-order valence-corrected chi connectivity index (χ1v) is 15.3. The quantitative estimate of drug-likeness (QED) is 0.0988. The number of rotatable bonds is 11. The van der Waals surface area contributed by atoms with Gasteiger partial charge < -0.3 is 15.9 Å². The van der Waals surface area contributed by atoms with Crippen LogP contribution in [0.1, 0.15) is 52.3 Å². The molecule has 0 spiro atoms. The summed E-state index contributed by atoms with van der Waals surface area (Å²) in [4.78, 5) is 27.6. The topological polar surface area (TPSA) is 112 Å². The van der Waals surface area contributed by atoms with Crippen LogP contribution < -0.4 is 11.2 Å². The van der Waals surface area contributed by atoms with E-state index in [0.717, 1.165) is 16.0 Å². The van der Waals surface area contributed by atoms with Crippen LogP contribution in [0, 0.1) is 0 Å². The molecule has 2 atom stereocenters. The van der Waals surface area contributed by atoms with E-state index in [1.165, 1.54) is 33.3 Å². The van der Waals surface area contributed by atoms with E-state index < -0.39 is 11.2 Å². The molecule has 0 fully saturated rings. The maximum absolute atomic E-state index is 13.9. The van der Waals surface area contributed by atoms with Crippen LogP contribution >= 0.6 is 23.1 Å². The van der Waals surface area contributed by atoms with Crippen molar-refractivity contribution in [3.63, 3.8) is 0 Å². The van der Waals surface area contributed by atoms with Crippen molar-refractivity contribution in [2.45, 2.75) is 36.6 Å². The number of hydrogen-bond donors (Lipinski definition) is 2. The highest BCUT2D eigenvalue weighted by Gasteiger charge is 2.28. The molecule has 42 heavy (non-hydrogen) atoms. The fourth-order valence-electron chi connectivity index (χ4n) is 4.47. The van der Waals surface area contributed by atoms with Gasteiger partial charge in [-0.15, -0.1) is 21.5 Å². The number of carbonyl (C=O) groups is 2. The molecule has 0 aliphatic heterocycles. The summed E-state index contributed by atoms with van der Waals surface area (Å²) in [5, 5.41) is 11.8. The number of amides is 1. The summed E-state index contributed by atoms with van der Waals surface area (Å²) in [6, 6.07) is 31.0. The van der Waals surface area contributed by atoms with Gasteiger partial charge in [-0.3, -0.25) is 4.79 Å². The number of carbonyl (C=O) groups excluding carboxylic acids is 2. The van der Waals surface area contributed by atoms with Gasteiger partial charge in [0.25, 0.3) is 0 Å². The molecule has 0 bridgehead atoms. The Kier molecular flexibility index (Phi) is 9.35. The average Bonchev–Trinajstić information content (AvgIpc) is 3.60. The minimum atomic E-state index is -0.714. The molecule has 214 valence electrons. The van der Waals surface area contributed by atoms with Crippen molar-refractivity contribution < 1.29 is 14.3 Å². The summed E-state index contributed by atoms with van der Waals surface area (Å²) in [7, 11) is 0. The molecule has 8 nitrogen and oxygen atoms in total. The summed E-state index contributed by atoms with van der Waals surface area (Å²) < 4.78 is 6.75. The highest BCUT2D eigenvalue weighted by atomic mass is 32.2. The van der Waals surface area contributed by atoms with Gasteiger partial charge in [-0.05, 0) is 35.6 Å². The number of hydrogen-bond acceptors (Lipinski definition) is 8. The molecular weight excluding hydrogens is 567 g/mol. The molecule has 5 aromatic rings. The lowest BCUT2D eigenvalue weighted by Crippen LogP contribution is -2.21. The second kappa shape index (κ2) is 13.5. The number of nitrogens with zero attached hydrogens (tertiary/aromatic N) is 3. The molecule has 0 unspecified atom stereocenters. The molecule has 0 saturated heterocycles. The van der Waals surface area contributed by atoms with Crippen molar-refractivity contribution in [1.82, 2.24) is 14.9 Å². The molecule has 5 rings (SSSR count). The van der Waals surface area contributed by atoms with Gasteiger partial charge in [0.15, 0.2) is 5.82 Å². The first kappa shape index (κ1) is 29.1.